The highest BCUT2D eigenvalue weighted by molar-refractivity contribution is 9.10. The number of benzene rings is 2. The van der Waals surface area contributed by atoms with Crippen molar-refractivity contribution in [2.75, 3.05) is 14.2 Å². The molecule has 4 heteroatoms. The molecule has 2 aromatic carbocycles. The molecular formula is C15H15BrFNO. The SMILES string of the molecule is CNC(c1ccccc1)c1cc(Br)c(F)cc1OC. The van der Waals surface area contributed by atoms with Crippen LogP contribution in [0.15, 0.2) is 46.9 Å². The van der Waals surface area contributed by atoms with E-state index in [1.807, 2.05) is 37.4 Å². The standard InChI is InChI=1S/C15H15BrFNO/c1-18-15(10-6-4-3-5-7-10)11-8-12(16)13(17)9-14(11)19-2/h3-9,15,18H,1-2H3. The van der Waals surface area contributed by atoms with Crippen molar-refractivity contribution in [3.8, 4) is 5.75 Å². The predicted molar refractivity (Wildman–Crippen MR) is 78.0 cm³/mol. The summed E-state index contributed by atoms with van der Waals surface area (Å²) in [7, 11) is 3.41. The first kappa shape index (κ1) is 14.0. The van der Waals surface area contributed by atoms with E-state index in [1.54, 1.807) is 13.2 Å². The zero-order valence-electron chi connectivity index (χ0n) is 10.8. The third kappa shape index (κ3) is 2.96. The van der Waals surface area contributed by atoms with Crippen LogP contribution in [0.4, 0.5) is 4.39 Å². The second-order valence-corrected chi connectivity index (χ2v) is 4.99. The third-order valence-electron chi connectivity index (χ3n) is 3.01. The first-order valence-electron chi connectivity index (χ1n) is 5.92. The first-order valence-corrected chi connectivity index (χ1v) is 6.71. The Labute approximate surface area is 120 Å². The van der Waals surface area contributed by atoms with Gasteiger partial charge < -0.3 is 10.1 Å². The van der Waals surface area contributed by atoms with Crippen LogP contribution in [0, 0.1) is 5.82 Å². The van der Waals surface area contributed by atoms with E-state index in [2.05, 4.69) is 21.2 Å². The molecule has 0 aliphatic heterocycles. The normalized spacial score (nSPS) is 12.2. The van der Waals surface area contributed by atoms with E-state index < -0.39 is 0 Å². The zero-order valence-corrected chi connectivity index (χ0v) is 12.4. The molecule has 0 aromatic heterocycles. The van der Waals surface area contributed by atoms with Gasteiger partial charge in [0.25, 0.3) is 0 Å². The number of methoxy groups -OCH3 is 1. The molecule has 0 radical (unpaired) electrons. The lowest BCUT2D eigenvalue weighted by molar-refractivity contribution is 0.401. The lowest BCUT2D eigenvalue weighted by Crippen LogP contribution is -2.18. The Morgan fingerprint density at radius 1 is 1.21 bits per heavy atom. The summed E-state index contributed by atoms with van der Waals surface area (Å²) in [5.74, 6) is 0.201. The fraction of sp³-hybridized carbons (Fsp3) is 0.200. The van der Waals surface area contributed by atoms with Crippen molar-refractivity contribution >= 4 is 15.9 Å². The Hall–Kier alpha value is -1.39. The van der Waals surface area contributed by atoms with Crippen LogP contribution in [0.25, 0.3) is 0 Å². The number of ether oxygens (including phenoxy) is 1. The van der Waals surface area contributed by atoms with Gasteiger partial charge in [-0.05, 0) is 34.6 Å². The quantitative estimate of drug-likeness (QED) is 0.921. The van der Waals surface area contributed by atoms with E-state index in [0.717, 1.165) is 11.1 Å². The molecular weight excluding hydrogens is 309 g/mol. The van der Waals surface area contributed by atoms with Gasteiger partial charge in [0.1, 0.15) is 11.6 Å². The van der Waals surface area contributed by atoms with Gasteiger partial charge in [0, 0.05) is 11.6 Å². The molecule has 2 rings (SSSR count). The van der Waals surface area contributed by atoms with Crippen molar-refractivity contribution in [3.63, 3.8) is 0 Å². The van der Waals surface area contributed by atoms with Crippen LogP contribution >= 0.6 is 15.9 Å². The molecule has 0 heterocycles. The van der Waals surface area contributed by atoms with Crippen LogP contribution in [0.3, 0.4) is 0 Å². The number of hydrogen-bond acceptors (Lipinski definition) is 2. The second-order valence-electron chi connectivity index (χ2n) is 4.14. The van der Waals surface area contributed by atoms with Crippen LogP contribution in [-0.2, 0) is 0 Å². The van der Waals surface area contributed by atoms with Crippen molar-refractivity contribution in [3.05, 3.63) is 63.9 Å². The molecule has 0 aliphatic carbocycles. The Bertz CT molecular complexity index is 560. The van der Waals surface area contributed by atoms with E-state index in [1.165, 1.54) is 6.07 Å². The van der Waals surface area contributed by atoms with Gasteiger partial charge in [0.2, 0.25) is 0 Å². The second kappa shape index (κ2) is 6.17. The van der Waals surface area contributed by atoms with Gasteiger partial charge in [-0.25, -0.2) is 4.39 Å². The summed E-state index contributed by atoms with van der Waals surface area (Å²) < 4.78 is 19.3. The average Bonchev–Trinajstić information content (AvgIpc) is 2.44. The van der Waals surface area contributed by atoms with Crippen LogP contribution < -0.4 is 10.1 Å². The van der Waals surface area contributed by atoms with Gasteiger partial charge >= 0.3 is 0 Å². The van der Waals surface area contributed by atoms with Gasteiger partial charge in [-0.1, -0.05) is 30.3 Å². The van der Waals surface area contributed by atoms with E-state index in [9.17, 15) is 4.39 Å². The van der Waals surface area contributed by atoms with Gasteiger partial charge in [0.15, 0.2) is 0 Å². The largest absolute Gasteiger partial charge is 0.496 e. The molecule has 0 bridgehead atoms. The Balaban J connectivity index is 2.52. The number of rotatable bonds is 4. The van der Waals surface area contributed by atoms with E-state index in [-0.39, 0.29) is 11.9 Å². The third-order valence-corrected chi connectivity index (χ3v) is 3.61. The molecule has 2 aromatic rings. The Morgan fingerprint density at radius 3 is 2.47 bits per heavy atom. The molecule has 0 fully saturated rings. The minimum absolute atomic E-state index is 0.0481. The summed E-state index contributed by atoms with van der Waals surface area (Å²) in [6, 6.07) is 13.1. The van der Waals surface area contributed by atoms with Gasteiger partial charge in [-0.15, -0.1) is 0 Å². The zero-order chi connectivity index (χ0) is 13.8. The van der Waals surface area contributed by atoms with E-state index >= 15 is 0 Å². The highest BCUT2D eigenvalue weighted by Crippen LogP contribution is 2.33. The number of nitrogens with one attached hydrogen (secondary N) is 1. The summed E-state index contributed by atoms with van der Waals surface area (Å²) >= 11 is 3.22. The van der Waals surface area contributed by atoms with Crippen molar-refractivity contribution in [1.82, 2.24) is 5.32 Å². The highest BCUT2D eigenvalue weighted by atomic mass is 79.9. The molecule has 0 amide bonds. The molecule has 1 atom stereocenters. The van der Waals surface area contributed by atoms with Crippen LogP contribution in [0.1, 0.15) is 17.2 Å². The Morgan fingerprint density at radius 2 is 1.89 bits per heavy atom. The summed E-state index contributed by atoms with van der Waals surface area (Å²) in [5.41, 5.74) is 1.99. The molecule has 1 unspecified atom stereocenters. The summed E-state index contributed by atoms with van der Waals surface area (Å²) in [5, 5.41) is 3.23. The fourth-order valence-corrected chi connectivity index (χ4v) is 2.45. The average molecular weight is 324 g/mol. The lowest BCUT2D eigenvalue weighted by Gasteiger charge is -2.20. The molecule has 0 aliphatic rings. The van der Waals surface area contributed by atoms with Crippen LogP contribution in [0.2, 0.25) is 0 Å². The van der Waals surface area contributed by atoms with Crippen molar-refractivity contribution < 1.29 is 9.13 Å². The maximum absolute atomic E-state index is 13.6. The maximum Gasteiger partial charge on any atom is 0.141 e. The molecule has 100 valence electrons. The molecule has 0 spiro atoms. The molecule has 19 heavy (non-hydrogen) atoms. The van der Waals surface area contributed by atoms with Crippen LogP contribution in [-0.4, -0.2) is 14.2 Å². The molecule has 1 N–H and O–H groups in total. The molecule has 2 nitrogen and oxygen atoms in total. The van der Waals surface area contributed by atoms with E-state index in [0.29, 0.717) is 10.2 Å². The fourth-order valence-electron chi connectivity index (χ4n) is 2.09. The summed E-state index contributed by atoms with van der Waals surface area (Å²) in [6.07, 6.45) is 0. The minimum Gasteiger partial charge on any atom is -0.496 e. The summed E-state index contributed by atoms with van der Waals surface area (Å²) in [6.45, 7) is 0. The van der Waals surface area contributed by atoms with Crippen molar-refractivity contribution in [2.24, 2.45) is 0 Å². The smallest absolute Gasteiger partial charge is 0.141 e. The van der Waals surface area contributed by atoms with Crippen molar-refractivity contribution in [1.29, 1.82) is 0 Å². The topological polar surface area (TPSA) is 21.3 Å². The monoisotopic (exact) mass is 323 g/mol. The molecule has 0 saturated carbocycles. The van der Waals surface area contributed by atoms with Gasteiger partial charge in [-0.3, -0.25) is 0 Å². The minimum atomic E-state index is -0.330. The molecule has 0 saturated heterocycles. The predicted octanol–water partition coefficient (Wildman–Crippen LogP) is 3.91. The number of halogens is 2. The first-order chi connectivity index (χ1) is 9.17. The van der Waals surface area contributed by atoms with Gasteiger partial charge in [0.05, 0.1) is 17.6 Å². The van der Waals surface area contributed by atoms with Crippen LogP contribution in [0.5, 0.6) is 5.75 Å². The maximum atomic E-state index is 13.6. The highest BCUT2D eigenvalue weighted by Gasteiger charge is 2.18. The van der Waals surface area contributed by atoms with Crippen molar-refractivity contribution in [2.45, 2.75) is 6.04 Å². The summed E-state index contributed by atoms with van der Waals surface area (Å²) in [4.78, 5) is 0. The lowest BCUT2D eigenvalue weighted by atomic mass is 9.98. The van der Waals surface area contributed by atoms with Gasteiger partial charge in [-0.2, -0.15) is 0 Å². The van der Waals surface area contributed by atoms with E-state index in [4.69, 9.17) is 4.74 Å². The number of hydrogen-bond donors (Lipinski definition) is 1. The Kier molecular flexibility index (Phi) is 4.56.